The van der Waals surface area contributed by atoms with Gasteiger partial charge in [0, 0.05) is 41.1 Å². The summed E-state index contributed by atoms with van der Waals surface area (Å²) in [6.07, 6.45) is 7.50. The van der Waals surface area contributed by atoms with Crippen LogP contribution < -0.4 is 5.32 Å². The molecule has 134 valence electrons. The van der Waals surface area contributed by atoms with E-state index in [1.165, 1.54) is 17.5 Å². The largest absolute Gasteiger partial charge is 0.298 e. The lowest BCUT2D eigenvalue weighted by atomic mass is 10.1. The molecule has 4 rings (SSSR count). The van der Waals surface area contributed by atoms with Crippen LogP contribution in [0.2, 0.25) is 5.02 Å². The quantitative estimate of drug-likeness (QED) is 0.549. The third kappa shape index (κ3) is 4.21. The van der Waals surface area contributed by atoms with E-state index in [-0.39, 0.29) is 5.91 Å². The molecule has 27 heavy (non-hydrogen) atoms. The van der Waals surface area contributed by atoms with Crippen LogP contribution in [0.4, 0.5) is 5.13 Å². The molecule has 1 N–H and O–H groups in total. The Labute approximate surface area is 164 Å². The third-order valence-electron chi connectivity index (χ3n) is 3.81. The van der Waals surface area contributed by atoms with E-state index in [0.717, 1.165) is 16.9 Å². The van der Waals surface area contributed by atoms with Gasteiger partial charge in [0.15, 0.2) is 10.9 Å². The van der Waals surface area contributed by atoms with Crippen LogP contribution in [-0.4, -0.2) is 25.7 Å². The van der Waals surface area contributed by atoms with Gasteiger partial charge in [-0.05, 0) is 35.9 Å². The number of benzene rings is 1. The fourth-order valence-electron chi connectivity index (χ4n) is 2.48. The molecule has 6 nitrogen and oxygen atoms in total. The van der Waals surface area contributed by atoms with Crippen LogP contribution in [0.25, 0.3) is 5.82 Å². The Hall–Kier alpha value is -3.03. The zero-order valence-corrected chi connectivity index (χ0v) is 15.6. The van der Waals surface area contributed by atoms with Crippen molar-refractivity contribution in [2.75, 3.05) is 5.32 Å². The van der Waals surface area contributed by atoms with Gasteiger partial charge in [-0.2, -0.15) is 5.10 Å². The summed E-state index contributed by atoms with van der Waals surface area (Å²) in [5, 5.41) is 8.19. The molecular weight excluding hydrogens is 382 g/mol. The monoisotopic (exact) mass is 395 g/mol. The van der Waals surface area contributed by atoms with Crippen LogP contribution in [0.5, 0.6) is 0 Å². The minimum atomic E-state index is -0.248. The maximum atomic E-state index is 12.4. The molecule has 8 heteroatoms. The fraction of sp³-hybridized carbons (Fsp3) is 0.0526. The van der Waals surface area contributed by atoms with Crippen molar-refractivity contribution in [2.24, 2.45) is 0 Å². The Morgan fingerprint density at radius 2 is 1.96 bits per heavy atom. The molecule has 0 atom stereocenters. The van der Waals surface area contributed by atoms with Crippen LogP contribution in [0.1, 0.15) is 20.8 Å². The average Bonchev–Trinajstić information content (AvgIpc) is 3.36. The first kappa shape index (κ1) is 17.4. The molecule has 3 heterocycles. The number of nitrogens with zero attached hydrogens (tertiary/aromatic N) is 4. The number of pyridine rings is 1. The number of halogens is 1. The summed E-state index contributed by atoms with van der Waals surface area (Å²) in [6, 6.07) is 12.9. The Balaban J connectivity index is 1.41. The van der Waals surface area contributed by atoms with Crippen molar-refractivity contribution in [1.29, 1.82) is 0 Å². The van der Waals surface area contributed by atoms with Crippen molar-refractivity contribution in [1.82, 2.24) is 19.7 Å². The van der Waals surface area contributed by atoms with Gasteiger partial charge >= 0.3 is 0 Å². The summed E-state index contributed by atoms with van der Waals surface area (Å²) in [7, 11) is 0. The van der Waals surface area contributed by atoms with E-state index in [1.54, 1.807) is 35.4 Å². The molecular formula is C19H14ClN5OS. The lowest BCUT2D eigenvalue weighted by Crippen LogP contribution is -2.12. The normalized spacial score (nSPS) is 10.7. The molecule has 0 fully saturated rings. The smallest absolute Gasteiger partial charge is 0.259 e. The number of anilines is 1. The van der Waals surface area contributed by atoms with E-state index >= 15 is 0 Å². The Morgan fingerprint density at radius 3 is 2.67 bits per heavy atom. The first-order valence-corrected chi connectivity index (χ1v) is 9.33. The van der Waals surface area contributed by atoms with Gasteiger partial charge in [-0.25, -0.2) is 14.6 Å². The highest BCUT2D eigenvalue weighted by Crippen LogP contribution is 2.22. The van der Waals surface area contributed by atoms with Gasteiger partial charge in [0.05, 0.1) is 5.56 Å². The van der Waals surface area contributed by atoms with Gasteiger partial charge in [0.1, 0.15) is 0 Å². The SMILES string of the molecule is O=C(Nc1ncc(Cc2ccc(Cl)cc2)s1)c1ccc(-n2cccn2)nc1. The zero-order chi connectivity index (χ0) is 18.6. The zero-order valence-electron chi connectivity index (χ0n) is 14.0. The highest BCUT2D eigenvalue weighted by Gasteiger charge is 2.10. The predicted octanol–water partition coefficient (Wildman–Crippen LogP) is 4.22. The van der Waals surface area contributed by atoms with Crippen molar-refractivity contribution in [3.63, 3.8) is 0 Å². The van der Waals surface area contributed by atoms with Gasteiger partial charge in [-0.15, -0.1) is 11.3 Å². The Morgan fingerprint density at radius 1 is 1.11 bits per heavy atom. The molecule has 0 radical (unpaired) electrons. The maximum absolute atomic E-state index is 12.4. The van der Waals surface area contributed by atoms with Crippen molar-refractivity contribution in [3.8, 4) is 5.82 Å². The van der Waals surface area contributed by atoms with Gasteiger partial charge in [0.25, 0.3) is 5.91 Å². The van der Waals surface area contributed by atoms with E-state index in [4.69, 9.17) is 11.6 Å². The molecule has 0 aliphatic rings. The topological polar surface area (TPSA) is 72.7 Å². The predicted molar refractivity (Wildman–Crippen MR) is 106 cm³/mol. The van der Waals surface area contributed by atoms with Gasteiger partial charge in [-0.1, -0.05) is 23.7 Å². The number of amides is 1. The van der Waals surface area contributed by atoms with Crippen molar-refractivity contribution >= 4 is 34.0 Å². The van der Waals surface area contributed by atoms with Crippen LogP contribution in [0.3, 0.4) is 0 Å². The number of nitrogens with one attached hydrogen (secondary N) is 1. The van der Waals surface area contributed by atoms with Crippen molar-refractivity contribution < 1.29 is 4.79 Å². The molecule has 3 aromatic heterocycles. The number of hydrogen-bond donors (Lipinski definition) is 1. The molecule has 0 spiro atoms. The van der Waals surface area contributed by atoms with E-state index in [2.05, 4.69) is 20.4 Å². The maximum Gasteiger partial charge on any atom is 0.259 e. The summed E-state index contributed by atoms with van der Waals surface area (Å²) in [5.74, 6) is 0.401. The minimum Gasteiger partial charge on any atom is -0.298 e. The number of aromatic nitrogens is 4. The third-order valence-corrected chi connectivity index (χ3v) is 4.98. The summed E-state index contributed by atoms with van der Waals surface area (Å²) in [4.78, 5) is 22.0. The molecule has 4 aromatic rings. The number of thiazole rings is 1. The van der Waals surface area contributed by atoms with Crippen molar-refractivity contribution in [2.45, 2.75) is 6.42 Å². The van der Waals surface area contributed by atoms with Crippen LogP contribution >= 0.6 is 22.9 Å². The van der Waals surface area contributed by atoms with E-state index < -0.39 is 0 Å². The second-order valence-corrected chi connectivity index (χ2v) is 7.30. The summed E-state index contributed by atoms with van der Waals surface area (Å²) >= 11 is 7.35. The van der Waals surface area contributed by atoms with Crippen LogP contribution in [0, 0.1) is 0 Å². The second-order valence-electron chi connectivity index (χ2n) is 5.74. The molecule has 0 bridgehead atoms. The lowest BCUT2D eigenvalue weighted by Gasteiger charge is -2.03. The second kappa shape index (κ2) is 7.69. The van der Waals surface area contributed by atoms with E-state index in [0.29, 0.717) is 21.5 Å². The van der Waals surface area contributed by atoms with Gasteiger partial charge in [-0.3, -0.25) is 10.1 Å². The highest BCUT2D eigenvalue weighted by atomic mass is 35.5. The molecule has 0 aliphatic carbocycles. The molecule has 0 unspecified atom stereocenters. The Kier molecular flexibility index (Phi) is 4.95. The molecule has 1 amide bonds. The standard InChI is InChI=1S/C19H14ClN5OS/c20-15-5-2-13(3-6-15)10-16-12-22-19(27-16)24-18(26)14-4-7-17(21-11-14)25-9-1-8-23-25/h1-9,11-12H,10H2,(H,22,24,26). The first-order valence-electron chi connectivity index (χ1n) is 8.14. The van der Waals surface area contributed by atoms with E-state index in [1.807, 2.05) is 30.3 Å². The van der Waals surface area contributed by atoms with Gasteiger partial charge < -0.3 is 0 Å². The molecule has 0 saturated carbocycles. The number of carbonyl (C=O) groups is 1. The van der Waals surface area contributed by atoms with E-state index in [9.17, 15) is 4.79 Å². The summed E-state index contributed by atoms with van der Waals surface area (Å²) < 4.78 is 1.63. The number of carbonyl (C=O) groups excluding carboxylic acids is 1. The van der Waals surface area contributed by atoms with Crippen LogP contribution in [-0.2, 0) is 6.42 Å². The summed E-state index contributed by atoms with van der Waals surface area (Å²) in [6.45, 7) is 0. The molecule has 1 aromatic carbocycles. The summed E-state index contributed by atoms with van der Waals surface area (Å²) in [5.41, 5.74) is 1.60. The van der Waals surface area contributed by atoms with Crippen LogP contribution in [0.15, 0.2) is 67.3 Å². The lowest BCUT2D eigenvalue weighted by molar-refractivity contribution is 0.102. The minimum absolute atomic E-state index is 0.248. The first-order chi connectivity index (χ1) is 13.2. The fourth-order valence-corrected chi connectivity index (χ4v) is 3.45. The average molecular weight is 396 g/mol. The molecule has 0 saturated heterocycles. The highest BCUT2D eigenvalue weighted by molar-refractivity contribution is 7.15. The van der Waals surface area contributed by atoms with Crippen molar-refractivity contribution in [3.05, 3.63) is 88.3 Å². The number of hydrogen-bond acceptors (Lipinski definition) is 5. The Bertz CT molecular complexity index is 1040. The van der Waals surface area contributed by atoms with Gasteiger partial charge in [0.2, 0.25) is 0 Å². The molecule has 0 aliphatic heterocycles. The number of rotatable bonds is 5.